The highest BCUT2D eigenvalue weighted by atomic mass is 16.5. The zero-order valence-electron chi connectivity index (χ0n) is 14.7. The van der Waals surface area contributed by atoms with Crippen LogP contribution in [-0.2, 0) is 9.59 Å². The molecular formula is C19H27NO4. The first-order valence-corrected chi connectivity index (χ1v) is 8.62. The number of hydrogen-bond acceptors (Lipinski definition) is 3. The topological polar surface area (TPSA) is 66.8 Å². The highest BCUT2D eigenvalue weighted by Gasteiger charge is 2.34. The van der Waals surface area contributed by atoms with Gasteiger partial charge in [0.15, 0.2) is 0 Å². The number of benzene rings is 1. The van der Waals surface area contributed by atoms with Crippen LogP contribution in [0.25, 0.3) is 0 Å². The molecule has 1 amide bonds. The Morgan fingerprint density at radius 3 is 2.71 bits per heavy atom. The maximum absolute atomic E-state index is 12.4. The minimum Gasteiger partial charge on any atom is -0.494 e. The van der Waals surface area contributed by atoms with Crippen molar-refractivity contribution in [2.24, 2.45) is 5.92 Å². The van der Waals surface area contributed by atoms with Crippen molar-refractivity contribution in [3.8, 4) is 5.75 Å². The third-order valence-corrected chi connectivity index (χ3v) is 4.91. The van der Waals surface area contributed by atoms with Crippen molar-refractivity contribution in [1.82, 2.24) is 4.90 Å². The van der Waals surface area contributed by atoms with Crippen molar-refractivity contribution >= 4 is 11.9 Å². The third kappa shape index (κ3) is 4.49. The summed E-state index contributed by atoms with van der Waals surface area (Å²) in [6.07, 6.45) is 2.43. The molecule has 0 radical (unpaired) electrons. The van der Waals surface area contributed by atoms with E-state index in [1.165, 1.54) is 11.1 Å². The fourth-order valence-electron chi connectivity index (χ4n) is 3.19. The second kappa shape index (κ2) is 8.18. The van der Waals surface area contributed by atoms with Gasteiger partial charge in [0.2, 0.25) is 5.91 Å². The van der Waals surface area contributed by atoms with Crippen LogP contribution < -0.4 is 4.74 Å². The summed E-state index contributed by atoms with van der Waals surface area (Å²) >= 11 is 0. The molecular weight excluding hydrogens is 306 g/mol. The van der Waals surface area contributed by atoms with Crippen LogP contribution in [0.5, 0.6) is 5.75 Å². The Hall–Kier alpha value is -2.04. The lowest BCUT2D eigenvalue weighted by atomic mass is 9.90. The Kier molecular flexibility index (Phi) is 6.23. The van der Waals surface area contributed by atoms with Crippen molar-refractivity contribution in [2.45, 2.75) is 52.5 Å². The van der Waals surface area contributed by atoms with Crippen molar-refractivity contribution in [1.29, 1.82) is 0 Å². The molecule has 132 valence electrons. The number of amides is 1. The van der Waals surface area contributed by atoms with E-state index < -0.39 is 11.9 Å². The number of rotatable bonds is 6. The first-order valence-electron chi connectivity index (χ1n) is 8.62. The quantitative estimate of drug-likeness (QED) is 0.812. The van der Waals surface area contributed by atoms with Gasteiger partial charge in [-0.25, -0.2) is 0 Å². The molecule has 0 bridgehead atoms. The fourth-order valence-corrected chi connectivity index (χ4v) is 3.19. The first-order chi connectivity index (χ1) is 11.4. The van der Waals surface area contributed by atoms with E-state index in [-0.39, 0.29) is 11.9 Å². The van der Waals surface area contributed by atoms with Crippen LogP contribution in [0.2, 0.25) is 0 Å². The average Bonchev–Trinajstić information content (AvgIpc) is 2.54. The Balaban J connectivity index is 1.78. The molecule has 24 heavy (non-hydrogen) atoms. The SMILES string of the molecule is Cc1ccc(OCCCC(=O)N2CCC[C@@H](C(=O)O)[C@H]2C)cc1C. The molecule has 2 atom stereocenters. The molecule has 0 unspecified atom stereocenters. The number of nitrogens with zero attached hydrogens (tertiary/aromatic N) is 1. The number of carboxylic acid groups (broad SMARTS) is 1. The van der Waals surface area contributed by atoms with Crippen molar-refractivity contribution in [3.05, 3.63) is 29.3 Å². The summed E-state index contributed by atoms with van der Waals surface area (Å²) < 4.78 is 5.70. The van der Waals surface area contributed by atoms with Gasteiger partial charge in [-0.15, -0.1) is 0 Å². The third-order valence-electron chi connectivity index (χ3n) is 4.91. The molecule has 2 rings (SSSR count). The number of piperidine rings is 1. The molecule has 0 saturated carbocycles. The second-order valence-electron chi connectivity index (χ2n) is 6.61. The number of aliphatic carboxylic acids is 1. The van der Waals surface area contributed by atoms with Gasteiger partial charge >= 0.3 is 5.97 Å². The maximum atomic E-state index is 12.4. The predicted molar refractivity (Wildman–Crippen MR) is 92.2 cm³/mol. The molecule has 0 aliphatic carbocycles. The number of hydrogen-bond donors (Lipinski definition) is 1. The van der Waals surface area contributed by atoms with Crippen LogP contribution in [0.15, 0.2) is 18.2 Å². The summed E-state index contributed by atoms with van der Waals surface area (Å²) in [7, 11) is 0. The standard InChI is InChI=1S/C19H27NO4/c1-13-8-9-16(12-14(13)2)24-11-5-7-18(21)20-10-4-6-17(15(20)3)19(22)23/h8-9,12,15,17H,4-7,10-11H2,1-3H3,(H,22,23)/t15-,17-/m1/s1. The normalized spacial score (nSPS) is 20.7. The van der Waals surface area contributed by atoms with Gasteiger partial charge in [0.05, 0.1) is 12.5 Å². The summed E-state index contributed by atoms with van der Waals surface area (Å²) in [6, 6.07) is 5.73. The molecule has 5 nitrogen and oxygen atoms in total. The number of carboxylic acids is 1. The number of likely N-dealkylation sites (tertiary alicyclic amines) is 1. The zero-order chi connectivity index (χ0) is 17.7. The highest BCUT2D eigenvalue weighted by molar-refractivity contribution is 5.78. The van der Waals surface area contributed by atoms with E-state index in [0.717, 1.165) is 12.2 Å². The minimum absolute atomic E-state index is 0.0251. The van der Waals surface area contributed by atoms with E-state index in [0.29, 0.717) is 32.4 Å². The van der Waals surface area contributed by atoms with Crippen LogP contribution in [0, 0.1) is 19.8 Å². The Morgan fingerprint density at radius 1 is 1.29 bits per heavy atom. The average molecular weight is 333 g/mol. The molecule has 1 aromatic carbocycles. The lowest BCUT2D eigenvalue weighted by Crippen LogP contribution is -2.49. The lowest BCUT2D eigenvalue weighted by molar-refractivity contribution is -0.149. The molecule has 0 aromatic heterocycles. The summed E-state index contributed by atoms with van der Waals surface area (Å²) in [5.74, 6) is -0.410. The van der Waals surface area contributed by atoms with Crippen molar-refractivity contribution in [3.63, 3.8) is 0 Å². The Bertz CT molecular complexity index is 599. The fraction of sp³-hybridized carbons (Fsp3) is 0.579. The molecule has 1 aliphatic rings. The van der Waals surface area contributed by atoms with E-state index in [1.54, 1.807) is 4.90 Å². The molecule has 1 aliphatic heterocycles. The van der Waals surface area contributed by atoms with Gasteiger partial charge in [-0.3, -0.25) is 9.59 Å². The predicted octanol–water partition coefficient (Wildman–Crippen LogP) is 3.17. The molecule has 1 heterocycles. The van der Waals surface area contributed by atoms with E-state index >= 15 is 0 Å². The molecule has 1 fully saturated rings. The second-order valence-corrected chi connectivity index (χ2v) is 6.61. The maximum Gasteiger partial charge on any atom is 0.308 e. The van der Waals surface area contributed by atoms with Crippen LogP contribution in [-0.4, -0.2) is 41.1 Å². The van der Waals surface area contributed by atoms with Gasteiger partial charge in [-0.2, -0.15) is 0 Å². The summed E-state index contributed by atoms with van der Waals surface area (Å²) in [5.41, 5.74) is 2.41. The van der Waals surface area contributed by atoms with Crippen LogP contribution in [0.4, 0.5) is 0 Å². The van der Waals surface area contributed by atoms with E-state index in [1.807, 2.05) is 32.0 Å². The van der Waals surface area contributed by atoms with Crippen LogP contribution in [0.3, 0.4) is 0 Å². The van der Waals surface area contributed by atoms with E-state index in [9.17, 15) is 14.7 Å². The molecule has 1 aromatic rings. The van der Waals surface area contributed by atoms with E-state index in [2.05, 4.69) is 6.92 Å². The van der Waals surface area contributed by atoms with Crippen molar-refractivity contribution in [2.75, 3.05) is 13.2 Å². The summed E-state index contributed by atoms with van der Waals surface area (Å²) in [6.45, 7) is 7.08. The van der Waals surface area contributed by atoms with Gasteiger partial charge < -0.3 is 14.7 Å². The van der Waals surface area contributed by atoms with Gasteiger partial charge in [-0.1, -0.05) is 6.07 Å². The first kappa shape index (κ1) is 18.3. The summed E-state index contributed by atoms with van der Waals surface area (Å²) in [4.78, 5) is 25.3. The molecule has 1 saturated heterocycles. The molecule has 0 spiro atoms. The summed E-state index contributed by atoms with van der Waals surface area (Å²) in [5, 5.41) is 9.23. The van der Waals surface area contributed by atoms with Gasteiger partial charge in [-0.05, 0) is 63.3 Å². The monoisotopic (exact) mass is 333 g/mol. The number of aryl methyl sites for hydroxylation is 2. The van der Waals surface area contributed by atoms with Gasteiger partial charge in [0, 0.05) is 19.0 Å². The minimum atomic E-state index is -0.807. The zero-order valence-corrected chi connectivity index (χ0v) is 14.7. The number of carbonyl (C=O) groups is 2. The van der Waals surface area contributed by atoms with Crippen molar-refractivity contribution < 1.29 is 19.4 Å². The van der Waals surface area contributed by atoms with Crippen LogP contribution in [0.1, 0.15) is 43.7 Å². The van der Waals surface area contributed by atoms with Gasteiger partial charge in [0.25, 0.3) is 0 Å². The molecule has 1 N–H and O–H groups in total. The largest absolute Gasteiger partial charge is 0.494 e. The number of ether oxygens (including phenoxy) is 1. The van der Waals surface area contributed by atoms with Crippen LogP contribution >= 0.6 is 0 Å². The van der Waals surface area contributed by atoms with E-state index in [4.69, 9.17) is 4.74 Å². The smallest absolute Gasteiger partial charge is 0.308 e. The molecule has 5 heteroatoms. The Labute approximate surface area is 143 Å². The number of carbonyl (C=O) groups excluding carboxylic acids is 1. The Morgan fingerprint density at radius 2 is 2.04 bits per heavy atom. The lowest BCUT2D eigenvalue weighted by Gasteiger charge is -2.37. The highest BCUT2D eigenvalue weighted by Crippen LogP contribution is 2.24. The van der Waals surface area contributed by atoms with Gasteiger partial charge in [0.1, 0.15) is 5.75 Å².